The summed E-state index contributed by atoms with van der Waals surface area (Å²) in [6.07, 6.45) is 3.20. The number of anilines is 2. The van der Waals surface area contributed by atoms with E-state index in [0.29, 0.717) is 29.2 Å². The third kappa shape index (κ3) is 5.17. The molecule has 0 bridgehead atoms. The van der Waals surface area contributed by atoms with Crippen molar-refractivity contribution in [3.8, 4) is 0 Å². The van der Waals surface area contributed by atoms with Gasteiger partial charge in [-0.25, -0.2) is 27.3 Å². The van der Waals surface area contributed by atoms with E-state index >= 15 is 0 Å². The van der Waals surface area contributed by atoms with Crippen LogP contribution in [0.5, 0.6) is 0 Å². The lowest BCUT2D eigenvalue weighted by atomic mass is 10.0. The average molecular weight is 558 g/mol. The Morgan fingerprint density at radius 1 is 1.03 bits per heavy atom. The molecule has 1 aliphatic rings. The summed E-state index contributed by atoms with van der Waals surface area (Å²) in [7, 11) is 1.75. The summed E-state index contributed by atoms with van der Waals surface area (Å²) in [4.78, 5) is 33.5. The van der Waals surface area contributed by atoms with Gasteiger partial charge in [0.15, 0.2) is 5.82 Å². The summed E-state index contributed by atoms with van der Waals surface area (Å²) < 4.78 is 57.6. The number of benzene rings is 3. The van der Waals surface area contributed by atoms with Crippen LogP contribution in [0, 0.1) is 23.3 Å². The zero-order valence-corrected chi connectivity index (χ0v) is 21.1. The first-order valence-electron chi connectivity index (χ1n) is 11.7. The molecule has 1 aliphatic heterocycles. The highest BCUT2D eigenvalue weighted by atomic mass is 35.5. The Morgan fingerprint density at radius 3 is 2.44 bits per heavy atom. The van der Waals surface area contributed by atoms with Crippen LogP contribution in [0.25, 0.3) is 0 Å². The first-order valence-corrected chi connectivity index (χ1v) is 12.0. The number of nitrogens with zero attached hydrogens (tertiary/aromatic N) is 4. The standard InChI is InChI=1S/C27H20ClF4N5O2/c1-35-13-25(34-14-35)37-11-16-6-5-15(26(38)33-10-18-22(31)8-17(29)9-23(18)32)7-24(16)36(27(37)39)12-19-20(28)3-2-4-21(19)30/h2-9,13-14H,10-12H2,1H3,(H,33,38). The van der Waals surface area contributed by atoms with Gasteiger partial charge < -0.3 is 9.88 Å². The number of carbonyl (C=O) groups excluding carboxylic acids is 2. The molecule has 1 aromatic heterocycles. The summed E-state index contributed by atoms with van der Waals surface area (Å²) in [5, 5.41) is 2.53. The summed E-state index contributed by atoms with van der Waals surface area (Å²) in [6.45, 7) is -0.646. The van der Waals surface area contributed by atoms with Gasteiger partial charge in [0, 0.05) is 53.6 Å². The van der Waals surface area contributed by atoms with Gasteiger partial charge in [0.05, 0.1) is 25.1 Å². The van der Waals surface area contributed by atoms with E-state index < -0.39 is 47.3 Å². The molecule has 0 saturated heterocycles. The average Bonchev–Trinajstić information content (AvgIpc) is 3.32. The minimum absolute atomic E-state index is 0.0819. The van der Waals surface area contributed by atoms with Gasteiger partial charge in [-0.2, -0.15) is 0 Å². The molecule has 0 atom stereocenters. The lowest BCUT2D eigenvalue weighted by Crippen LogP contribution is -2.47. The van der Waals surface area contributed by atoms with E-state index in [1.807, 2.05) is 0 Å². The second-order valence-electron chi connectivity index (χ2n) is 8.93. The molecule has 0 unspecified atom stereocenters. The number of aromatic nitrogens is 2. The smallest absolute Gasteiger partial charge is 0.330 e. The monoisotopic (exact) mass is 557 g/mol. The van der Waals surface area contributed by atoms with Crippen molar-refractivity contribution in [2.24, 2.45) is 7.05 Å². The van der Waals surface area contributed by atoms with Crippen molar-refractivity contribution in [3.63, 3.8) is 0 Å². The van der Waals surface area contributed by atoms with Gasteiger partial charge >= 0.3 is 6.03 Å². The summed E-state index contributed by atoms with van der Waals surface area (Å²) in [5.41, 5.74) is 0.636. The highest BCUT2D eigenvalue weighted by Crippen LogP contribution is 2.34. The Kier molecular flexibility index (Phi) is 7.00. The van der Waals surface area contributed by atoms with Gasteiger partial charge in [0.1, 0.15) is 23.3 Å². The molecule has 0 spiro atoms. The Bertz CT molecular complexity index is 1570. The largest absolute Gasteiger partial charge is 0.348 e. The molecule has 0 saturated carbocycles. The quantitative estimate of drug-likeness (QED) is 0.309. The Morgan fingerprint density at radius 2 is 1.77 bits per heavy atom. The Hall–Kier alpha value is -4.38. The van der Waals surface area contributed by atoms with Crippen LogP contribution in [0.2, 0.25) is 5.02 Å². The third-order valence-electron chi connectivity index (χ3n) is 6.31. The lowest BCUT2D eigenvalue weighted by Gasteiger charge is -2.36. The molecule has 200 valence electrons. The summed E-state index contributed by atoms with van der Waals surface area (Å²) in [5.74, 6) is -4.26. The fourth-order valence-corrected chi connectivity index (χ4v) is 4.52. The number of urea groups is 1. The van der Waals surface area contributed by atoms with Crippen LogP contribution < -0.4 is 15.1 Å². The van der Waals surface area contributed by atoms with Gasteiger partial charge in [0.25, 0.3) is 5.91 Å². The van der Waals surface area contributed by atoms with Crippen molar-refractivity contribution < 1.29 is 27.2 Å². The molecule has 7 nitrogen and oxygen atoms in total. The van der Waals surface area contributed by atoms with Crippen LogP contribution in [0.1, 0.15) is 27.0 Å². The third-order valence-corrected chi connectivity index (χ3v) is 6.66. The predicted octanol–water partition coefficient (Wildman–Crippen LogP) is 5.71. The molecule has 0 aliphatic carbocycles. The molecule has 12 heteroatoms. The topological polar surface area (TPSA) is 70.5 Å². The van der Waals surface area contributed by atoms with Crippen molar-refractivity contribution >= 4 is 35.0 Å². The number of fused-ring (bicyclic) bond motifs is 1. The number of hydrogen-bond donors (Lipinski definition) is 1. The maximum atomic E-state index is 14.7. The van der Waals surface area contributed by atoms with Crippen LogP contribution in [0.3, 0.4) is 0 Å². The molecule has 3 aromatic carbocycles. The van der Waals surface area contributed by atoms with Gasteiger partial charge in [-0.05, 0) is 29.8 Å². The van der Waals surface area contributed by atoms with E-state index in [1.54, 1.807) is 23.9 Å². The van der Waals surface area contributed by atoms with Crippen LogP contribution in [0.15, 0.2) is 61.1 Å². The number of amides is 3. The van der Waals surface area contributed by atoms with E-state index in [2.05, 4.69) is 10.3 Å². The molecular formula is C27H20ClF4N5O2. The van der Waals surface area contributed by atoms with Crippen molar-refractivity contribution in [1.82, 2.24) is 14.9 Å². The van der Waals surface area contributed by atoms with E-state index in [-0.39, 0.29) is 29.2 Å². The number of rotatable bonds is 6. The molecule has 39 heavy (non-hydrogen) atoms. The Labute approximate surface area is 225 Å². The van der Waals surface area contributed by atoms with Crippen LogP contribution in [-0.4, -0.2) is 21.5 Å². The minimum Gasteiger partial charge on any atom is -0.348 e. The van der Waals surface area contributed by atoms with Crippen LogP contribution in [-0.2, 0) is 26.7 Å². The molecule has 1 N–H and O–H groups in total. The molecule has 4 aromatic rings. The first kappa shape index (κ1) is 26.2. The number of aryl methyl sites for hydroxylation is 1. The zero-order valence-electron chi connectivity index (χ0n) is 20.4. The van der Waals surface area contributed by atoms with Gasteiger partial charge in [0.2, 0.25) is 0 Å². The molecule has 0 radical (unpaired) electrons. The minimum atomic E-state index is -1.13. The zero-order chi connectivity index (χ0) is 27.8. The maximum absolute atomic E-state index is 14.7. The summed E-state index contributed by atoms with van der Waals surface area (Å²) >= 11 is 6.24. The fourth-order valence-electron chi connectivity index (χ4n) is 4.30. The number of hydrogen-bond acceptors (Lipinski definition) is 3. The van der Waals surface area contributed by atoms with Crippen LogP contribution in [0.4, 0.5) is 33.9 Å². The number of nitrogens with one attached hydrogen (secondary N) is 1. The molecular weight excluding hydrogens is 538 g/mol. The molecule has 5 rings (SSSR count). The lowest BCUT2D eigenvalue weighted by molar-refractivity contribution is 0.0950. The second kappa shape index (κ2) is 10.4. The second-order valence-corrected chi connectivity index (χ2v) is 9.33. The highest BCUT2D eigenvalue weighted by Gasteiger charge is 2.34. The molecule has 0 fully saturated rings. The number of halogens is 5. The van der Waals surface area contributed by atoms with E-state index in [0.717, 1.165) is 0 Å². The van der Waals surface area contributed by atoms with Crippen molar-refractivity contribution in [2.45, 2.75) is 19.6 Å². The maximum Gasteiger partial charge on any atom is 0.330 e. The van der Waals surface area contributed by atoms with Gasteiger partial charge in [-0.15, -0.1) is 0 Å². The van der Waals surface area contributed by atoms with Crippen molar-refractivity contribution in [3.05, 3.63) is 112 Å². The molecule has 2 heterocycles. The van der Waals surface area contributed by atoms with Crippen molar-refractivity contribution in [1.29, 1.82) is 0 Å². The van der Waals surface area contributed by atoms with E-state index in [1.165, 1.54) is 46.5 Å². The Balaban J connectivity index is 1.48. The predicted molar refractivity (Wildman–Crippen MR) is 136 cm³/mol. The number of carbonyl (C=O) groups is 2. The van der Waals surface area contributed by atoms with E-state index in [9.17, 15) is 27.2 Å². The van der Waals surface area contributed by atoms with Crippen LogP contribution >= 0.6 is 11.6 Å². The van der Waals surface area contributed by atoms with Gasteiger partial charge in [-0.3, -0.25) is 14.6 Å². The van der Waals surface area contributed by atoms with Crippen molar-refractivity contribution in [2.75, 3.05) is 9.80 Å². The SMILES string of the molecule is Cn1cnc(N2Cc3ccc(C(=O)NCc4c(F)cc(F)cc4F)cc3N(Cc3c(F)cccc3Cl)C2=O)c1. The summed E-state index contributed by atoms with van der Waals surface area (Å²) in [6, 6.07) is 9.26. The number of imidazole rings is 1. The fraction of sp³-hybridized carbons (Fsp3) is 0.148. The normalized spacial score (nSPS) is 13.0. The first-order chi connectivity index (χ1) is 18.6. The highest BCUT2D eigenvalue weighted by molar-refractivity contribution is 6.31. The van der Waals surface area contributed by atoms with E-state index in [4.69, 9.17) is 11.6 Å². The molecule has 3 amide bonds. The van der Waals surface area contributed by atoms with Gasteiger partial charge in [-0.1, -0.05) is 23.7 Å².